The number of thiazole rings is 1. The van der Waals surface area contributed by atoms with Gasteiger partial charge in [0.05, 0.1) is 11.8 Å². The number of aromatic nitrogens is 1. The van der Waals surface area contributed by atoms with E-state index in [0.717, 1.165) is 0 Å². The normalized spacial score (nSPS) is 27.7. The first-order chi connectivity index (χ1) is 8.95. The lowest BCUT2D eigenvalue weighted by Crippen LogP contribution is -2.35. The van der Waals surface area contributed by atoms with Gasteiger partial charge < -0.3 is 4.90 Å². The number of sulfonamides is 1. The molecule has 0 aliphatic carbocycles. The number of carbonyl (C=O) groups excluding carboxylic acids is 1. The quantitative estimate of drug-likeness (QED) is 0.777. The van der Waals surface area contributed by atoms with E-state index in [1.165, 1.54) is 21.9 Å². The Bertz CT molecular complexity index is 570. The van der Waals surface area contributed by atoms with E-state index >= 15 is 0 Å². The van der Waals surface area contributed by atoms with E-state index in [0.29, 0.717) is 31.9 Å². The monoisotopic (exact) mass is 301 g/mol. The minimum Gasteiger partial charge on any atom is -0.337 e. The fourth-order valence-electron chi connectivity index (χ4n) is 2.87. The van der Waals surface area contributed by atoms with Crippen molar-refractivity contribution in [3.8, 4) is 0 Å². The van der Waals surface area contributed by atoms with Crippen LogP contribution in [0.3, 0.4) is 0 Å². The molecule has 2 saturated heterocycles. The fourth-order valence-corrected chi connectivity index (χ4v) is 4.32. The molecule has 2 atom stereocenters. The molecule has 8 heteroatoms. The van der Waals surface area contributed by atoms with E-state index in [1.807, 2.05) is 0 Å². The highest BCUT2D eigenvalue weighted by molar-refractivity contribution is 7.88. The Balaban J connectivity index is 1.67. The van der Waals surface area contributed by atoms with Crippen LogP contribution in [-0.4, -0.2) is 60.9 Å². The van der Waals surface area contributed by atoms with E-state index in [9.17, 15) is 13.2 Å². The standard InChI is InChI=1S/C11H15N3O3S2/c1-19(16,17)14-4-8-2-13(3-9(8)5-14)11(15)10-6-18-7-12-10/h6-9H,2-5H2,1H3/t8-,9+. The number of rotatable bonds is 2. The molecule has 6 nitrogen and oxygen atoms in total. The van der Waals surface area contributed by atoms with E-state index in [1.54, 1.807) is 15.8 Å². The molecule has 1 amide bonds. The van der Waals surface area contributed by atoms with Gasteiger partial charge in [-0.05, 0) is 11.8 Å². The lowest BCUT2D eigenvalue weighted by molar-refractivity contribution is 0.0774. The van der Waals surface area contributed by atoms with Gasteiger partial charge in [-0.1, -0.05) is 0 Å². The van der Waals surface area contributed by atoms with Crippen molar-refractivity contribution >= 4 is 27.3 Å². The molecule has 0 saturated carbocycles. The van der Waals surface area contributed by atoms with Crippen LogP contribution in [0.5, 0.6) is 0 Å². The predicted molar refractivity (Wildman–Crippen MR) is 71.4 cm³/mol. The van der Waals surface area contributed by atoms with E-state index in [4.69, 9.17) is 0 Å². The Hall–Kier alpha value is -0.990. The molecule has 2 aliphatic heterocycles. The van der Waals surface area contributed by atoms with Crippen LogP contribution < -0.4 is 0 Å². The zero-order valence-corrected chi connectivity index (χ0v) is 12.2. The summed E-state index contributed by atoms with van der Waals surface area (Å²) in [4.78, 5) is 18.0. The number of hydrogen-bond acceptors (Lipinski definition) is 5. The second-order valence-electron chi connectivity index (χ2n) is 5.18. The van der Waals surface area contributed by atoms with Crippen LogP contribution in [0.2, 0.25) is 0 Å². The van der Waals surface area contributed by atoms with E-state index in [-0.39, 0.29) is 17.7 Å². The SMILES string of the molecule is CS(=O)(=O)N1C[C@H]2CN(C(=O)c3cscn3)C[C@H]2C1. The topological polar surface area (TPSA) is 70.6 Å². The van der Waals surface area contributed by atoms with Crippen molar-refractivity contribution in [2.24, 2.45) is 11.8 Å². The predicted octanol–water partition coefficient (Wildman–Crippen LogP) is 0.107. The summed E-state index contributed by atoms with van der Waals surface area (Å²) in [5, 5.41) is 1.75. The Morgan fingerprint density at radius 1 is 1.32 bits per heavy atom. The minimum absolute atomic E-state index is 0.0402. The van der Waals surface area contributed by atoms with E-state index in [2.05, 4.69) is 4.98 Å². The lowest BCUT2D eigenvalue weighted by atomic mass is 10.0. The highest BCUT2D eigenvalue weighted by Crippen LogP contribution is 2.32. The van der Waals surface area contributed by atoms with Gasteiger partial charge >= 0.3 is 0 Å². The van der Waals surface area contributed by atoms with Crippen LogP contribution in [0.15, 0.2) is 10.9 Å². The number of amides is 1. The summed E-state index contributed by atoms with van der Waals surface area (Å²) in [5.74, 6) is 0.483. The van der Waals surface area contributed by atoms with Gasteiger partial charge in [0, 0.05) is 31.6 Å². The summed E-state index contributed by atoms with van der Waals surface area (Å²) < 4.78 is 24.5. The fraction of sp³-hybridized carbons (Fsp3) is 0.636. The Labute approximate surface area is 116 Å². The molecule has 0 unspecified atom stereocenters. The van der Waals surface area contributed by atoms with Gasteiger partial charge in [-0.25, -0.2) is 17.7 Å². The largest absolute Gasteiger partial charge is 0.337 e. The summed E-state index contributed by atoms with van der Waals surface area (Å²) in [6.45, 7) is 2.33. The Morgan fingerprint density at radius 2 is 1.95 bits per heavy atom. The second-order valence-corrected chi connectivity index (χ2v) is 7.89. The van der Waals surface area contributed by atoms with Gasteiger partial charge in [-0.2, -0.15) is 0 Å². The highest BCUT2D eigenvalue weighted by Gasteiger charge is 2.44. The molecule has 0 spiro atoms. The Morgan fingerprint density at radius 3 is 2.42 bits per heavy atom. The third kappa shape index (κ3) is 2.39. The number of fused-ring (bicyclic) bond motifs is 1. The van der Waals surface area contributed by atoms with Crippen LogP contribution >= 0.6 is 11.3 Å². The third-order valence-corrected chi connectivity index (χ3v) is 5.68. The molecule has 2 fully saturated rings. The zero-order valence-electron chi connectivity index (χ0n) is 10.5. The third-order valence-electron chi connectivity index (χ3n) is 3.86. The first-order valence-corrected chi connectivity index (χ1v) is 8.87. The number of likely N-dealkylation sites (tertiary alicyclic amines) is 1. The maximum absolute atomic E-state index is 12.2. The van der Waals surface area contributed by atoms with Crippen molar-refractivity contribution in [1.82, 2.24) is 14.2 Å². The molecule has 19 heavy (non-hydrogen) atoms. The second kappa shape index (κ2) is 4.53. The summed E-state index contributed by atoms with van der Waals surface area (Å²) in [6, 6.07) is 0. The summed E-state index contributed by atoms with van der Waals surface area (Å²) in [5.41, 5.74) is 2.14. The van der Waals surface area contributed by atoms with Gasteiger partial charge in [-0.3, -0.25) is 4.79 Å². The number of carbonyl (C=O) groups is 1. The van der Waals surface area contributed by atoms with Crippen molar-refractivity contribution in [1.29, 1.82) is 0 Å². The smallest absolute Gasteiger partial charge is 0.273 e. The van der Waals surface area contributed by atoms with Gasteiger partial charge in [0.2, 0.25) is 10.0 Å². The summed E-state index contributed by atoms with van der Waals surface area (Å²) in [7, 11) is -3.11. The first-order valence-electron chi connectivity index (χ1n) is 6.08. The highest BCUT2D eigenvalue weighted by atomic mass is 32.2. The van der Waals surface area contributed by atoms with E-state index < -0.39 is 10.0 Å². The van der Waals surface area contributed by atoms with Crippen LogP contribution in [-0.2, 0) is 10.0 Å². The molecule has 0 N–H and O–H groups in total. The average Bonchev–Trinajstić information content (AvgIpc) is 3.02. The molecule has 0 bridgehead atoms. The van der Waals surface area contributed by atoms with Crippen LogP contribution in [0, 0.1) is 11.8 Å². The zero-order chi connectivity index (χ0) is 13.6. The minimum atomic E-state index is -3.11. The number of nitrogens with zero attached hydrogens (tertiary/aromatic N) is 3. The molecular weight excluding hydrogens is 286 g/mol. The van der Waals surface area contributed by atoms with Gasteiger partial charge in [0.25, 0.3) is 5.91 Å². The molecule has 3 heterocycles. The molecule has 1 aromatic heterocycles. The molecule has 3 rings (SSSR count). The van der Waals surface area contributed by atoms with Crippen molar-refractivity contribution in [3.05, 3.63) is 16.6 Å². The van der Waals surface area contributed by atoms with Crippen LogP contribution in [0.25, 0.3) is 0 Å². The first kappa shape index (κ1) is 13.0. The Kier molecular flexibility index (Phi) is 3.11. The average molecular weight is 301 g/mol. The molecule has 2 aliphatic rings. The number of hydrogen-bond donors (Lipinski definition) is 0. The van der Waals surface area contributed by atoms with Crippen molar-refractivity contribution < 1.29 is 13.2 Å². The molecule has 1 aromatic rings. The van der Waals surface area contributed by atoms with Crippen molar-refractivity contribution in [2.75, 3.05) is 32.4 Å². The van der Waals surface area contributed by atoms with Crippen molar-refractivity contribution in [3.63, 3.8) is 0 Å². The maximum atomic E-state index is 12.2. The van der Waals surface area contributed by atoms with Crippen molar-refractivity contribution in [2.45, 2.75) is 0 Å². The van der Waals surface area contributed by atoms with Gasteiger partial charge in [0.15, 0.2) is 0 Å². The summed E-state index contributed by atoms with van der Waals surface area (Å²) >= 11 is 1.41. The maximum Gasteiger partial charge on any atom is 0.273 e. The summed E-state index contributed by atoms with van der Waals surface area (Å²) in [6.07, 6.45) is 1.24. The lowest BCUT2D eigenvalue weighted by Gasteiger charge is -2.19. The molecular formula is C11H15N3O3S2. The molecule has 0 radical (unpaired) electrons. The van der Waals surface area contributed by atoms with Gasteiger partial charge in [-0.15, -0.1) is 11.3 Å². The van der Waals surface area contributed by atoms with Crippen LogP contribution in [0.1, 0.15) is 10.5 Å². The molecule has 0 aromatic carbocycles. The van der Waals surface area contributed by atoms with Gasteiger partial charge in [0.1, 0.15) is 5.69 Å². The molecule has 104 valence electrons. The van der Waals surface area contributed by atoms with Crippen LogP contribution in [0.4, 0.5) is 0 Å².